The van der Waals surface area contributed by atoms with Crippen molar-refractivity contribution in [3.05, 3.63) is 36.7 Å². The summed E-state index contributed by atoms with van der Waals surface area (Å²) in [6.07, 6.45) is 8.19. The second-order valence-electron chi connectivity index (χ2n) is 7.31. The first kappa shape index (κ1) is 14.8. The van der Waals surface area contributed by atoms with E-state index in [2.05, 4.69) is 32.1 Å². The van der Waals surface area contributed by atoms with Gasteiger partial charge in [-0.25, -0.2) is 9.97 Å². The highest BCUT2D eigenvalue weighted by Crippen LogP contribution is 2.42. The summed E-state index contributed by atoms with van der Waals surface area (Å²) in [6.45, 7) is 2.31. The minimum atomic E-state index is 0.494. The van der Waals surface area contributed by atoms with Gasteiger partial charge in [0.05, 0.1) is 5.69 Å². The van der Waals surface area contributed by atoms with Gasteiger partial charge in [0.15, 0.2) is 17.0 Å². The minimum absolute atomic E-state index is 0.494. The fourth-order valence-electron chi connectivity index (χ4n) is 4.74. The van der Waals surface area contributed by atoms with E-state index in [9.17, 15) is 0 Å². The van der Waals surface area contributed by atoms with Crippen LogP contribution >= 0.6 is 0 Å². The molecule has 0 unspecified atom stereocenters. The molecule has 2 aromatic heterocycles. The van der Waals surface area contributed by atoms with Crippen molar-refractivity contribution < 1.29 is 0 Å². The monoisotopic (exact) mass is 334 g/mol. The van der Waals surface area contributed by atoms with Crippen LogP contribution in [0.5, 0.6) is 0 Å². The van der Waals surface area contributed by atoms with Gasteiger partial charge in [-0.1, -0.05) is 36.3 Å². The number of benzene rings is 1. The zero-order valence-corrected chi connectivity index (χ0v) is 14.4. The van der Waals surface area contributed by atoms with Crippen molar-refractivity contribution in [2.45, 2.75) is 51.1 Å². The highest BCUT2D eigenvalue weighted by Gasteiger charge is 2.41. The van der Waals surface area contributed by atoms with Crippen LogP contribution in [0, 0.1) is 5.92 Å². The Hall–Kier alpha value is -2.50. The first-order valence-corrected chi connectivity index (χ1v) is 9.23. The standard InChI is InChI=1S/C19H22N6/c1-13-11-14-7-5-6-10-16(14)24(13)18-17-19(21-12-20-18)25(23-22-17)15-8-3-2-4-9-15/h2-4,8-9,12-14,16H,5-7,10-11H2,1H3/t13-,14+,16-/m1/s1. The summed E-state index contributed by atoms with van der Waals surface area (Å²) in [5.74, 6) is 1.74. The van der Waals surface area contributed by atoms with E-state index in [0.717, 1.165) is 28.6 Å². The molecule has 2 aliphatic rings. The Morgan fingerprint density at radius 1 is 1.04 bits per heavy atom. The molecule has 2 fully saturated rings. The molecule has 6 nitrogen and oxygen atoms in total. The van der Waals surface area contributed by atoms with Gasteiger partial charge in [-0.15, -0.1) is 5.10 Å². The predicted octanol–water partition coefficient (Wildman–Crippen LogP) is 3.37. The Labute approximate surface area is 146 Å². The average Bonchev–Trinajstić information content (AvgIpc) is 3.22. The molecule has 6 heteroatoms. The SMILES string of the molecule is C[C@@H]1C[C@@H]2CCCC[C@H]2N1c1ncnc2c1nnn2-c1ccccc1. The van der Waals surface area contributed by atoms with Gasteiger partial charge in [0.1, 0.15) is 6.33 Å². The van der Waals surface area contributed by atoms with Crippen LogP contribution in [0.4, 0.5) is 5.82 Å². The van der Waals surface area contributed by atoms with E-state index >= 15 is 0 Å². The summed E-state index contributed by atoms with van der Waals surface area (Å²) >= 11 is 0. The van der Waals surface area contributed by atoms with Crippen molar-refractivity contribution in [1.29, 1.82) is 0 Å². The summed E-state index contributed by atoms with van der Waals surface area (Å²) in [5.41, 5.74) is 2.56. The maximum atomic E-state index is 4.64. The quantitative estimate of drug-likeness (QED) is 0.719. The largest absolute Gasteiger partial charge is 0.349 e. The number of para-hydroxylation sites is 1. The zero-order chi connectivity index (χ0) is 16.8. The van der Waals surface area contributed by atoms with E-state index in [0.29, 0.717) is 12.1 Å². The first-order chi connectivity index (χ1) is 12.3. The molecule has 0 amide bonds. The van der Waals surface area contributed by atoms with Gasteiger partial charge in [0.25, 0.3) is 0 Å². The molecule has 3 heterocycles. The minimum Gasteiger partial charge on any atom is -0.349 e. The maximum Gasteiger partial charge on any atom is 0.189 e. The van der Waals surface area contributed by atoms with Crippen LogP contribution in [0.15, 0.2) is 36.7 Å². The molecule has 5 rings (SSSR count). The molecular formula is C19H22N6. The lowest BCUT2D eigenvalue weighted by molar-refractivity contribution is 0.341. The van der Waals surface area contributed by atoms with E-state index in [1.54, 1.807) is 11.0 Å². The van der Waals surface area contributed by atoms with Crippen molar-refractivity contribution in [2.75, 3.05) is 4.90 Å². The number of anilines is 1. The van der Waals surface area contributed by atoms with E-state index < -0.39 is 0 Å². The van der Waals surface area contributed by atoms with Crippen molar-refractivity contribution in [1.82, 2.24) is 25.0 Å². The number of rotatable bonds is 2. The number of hydrogen-bond acceptors (Lipinski definition) is 5. The Bertz CT molecular complexity index is 889. The van der Waals surface area contributed by atoms with Crippen molar-refractivity contribution in [2.24, 2.45) is 5.92 Å². The van der Waals surface area contributed by atoms with Crippen LogP contribution in [0.3, 0.4) is 0 Å². The molecule has 25 heavy (non-hydrogen) atoms. The van der Waals surface area contributed by atoms with E-state index in [1.165, 1.54) is 32.1 Å². The molecule has 1 aliphatic carbocycles. The smallest absolute Gasteiger partial charge is 0.189 e. The number of nitrogens with zero attached hydrogens (tertiary/aromatic N) is 6. The molecule has 128 valence electrons. The molecule has 3 aromatic rings. The van der Waals surface area contributed by atoms with Gasteiger partial charge in [0, 0.05) is 12.1 Å². The van der Waals surface area contributed by atoms with E-state index in [4.69, 9.17) is 0 Å². The number of fused-ring (bicyclic) bond motifs is 2. The second kappa shape index (κ2) is 5.79. The van der Waals surface area contributed by atoms with Gasteiger partial charge in [0.2, 0.25) is 0 Å². The Kier molecular flexibility index (Phi) is 3.43. The van der Waals surface area contributed by atoms with Gasteiger partial charge in [-0.05, 0) is 44.2 Å². The fraction of sp³-hybridized carbons (Fsp3) is 0.474. The van der Waals surface area contributed by atoms with Crippen LogP contribution in [-0.4, -0.2) is 37.0 Å². The summed E-state index contributed by atoms with van der Waals surface area (Å²) in [7, 11) is 0. The Morgan fingerprint density at radius 2 is 1.88 bits per heavy atom. The van der Waals surface area contributed by atoms with E-state index in [1.807, 2.05) is 30.3 Å². The molecule has 1 aromatic carbocycles. The van der Waals surface area contributed by atoms with Crippen LogP contribution in [-0.2, 0) is 0 Å². The third-order valence-electron chi connectivity index (χ3n) is 5.81. The number of hydrogen-bond donors (Lipinski definition) is 0. The summed E-state index contributed by atoms with van der Waals surface area (Å²) < 4.78 is 1.81. The molecule has 1 aliphatic heterocycles. The van der Waals surface area contributed by atoms with Crippen molar-refractivity contribution in [3.8, 4) is 5.69 Å². The summed E-state index contributed by atoms with van der Waals surface area (Å²) in [6, 6.07) is 11.1. The molecule has 1 saturated heterocycles. The van der Waals surface area contributed by atoms with Crippen molar-refractivity contribution >= 4 is 17.0 Å². The Balaban J connectivity index is 1.62. The molecule has 0 bridgehead atoms. The van der Waals surface area contributed by atoms with Gasteiger partial charge in [-0.2, -0.15) is 4.68 Å². The normalized spacial score (nSPS) is 26.1. The second-order valence-corrected chi connectivity index (χ2v) is 7.31. The van der Waals surface area contributed by atoms with Crippen LogP contribution in [0.2, 0.25) is 0 Å². The Morgan fingerprint density at radius 3 is 2.76 bits per heavy atom. The highest BCUT2D eigenvalue weighted by molar-refractivity contribution is 5.84. The lowest BCUT2D eigenvalue weighted by Crippen LogP contribution is -2.38. The molecule has 3 atom stereocenters. The summed E-state index contributed by atoms with van der Waals surface area (Å²) in [4.78, 5) is 11.6. The average molecular weight is 334 g/mol. The molecular weight excluding hydrogens is 312 g/mol. The predicted molar refractivity (Wildman–Crippen MR) is 96.8 cm³/mol. The lowest BCUT2D eigenvalue weighted by Gasteiger charge is -2.33. The van der Waals surface area contributed by atoms with Crippen LogP contribution in [0.25, 0.3) is 16.9 Å². The topological polar surface area (TPSA) is 59.7 Å². The zero-order valence-electron chi connectivity index (χ0n) is 14.4. The highest BCUT2D eigenvalue weighted by atomic mass is 15.5. The third-order valence-corrected chi connectivity index (χ3v) is 5.81. The maximum absolute atomic E-state index is 4.64. The molecule has 0 N–H and O–H groups in total. The molecule has 0 spiro atoms. The van der Waals surface area contributed by atoms with Crippen LogP contribution in [0.1, 0.15) is 39.0 Å². The first-order valence-electron chi connectivity index (χ1n) is 9.23. The number of aromatic nitrogens is 5. The van der Waals surface area contributed by atoms with E-state index in [-0.39, 0.29) is 0 Å². The van der Waals surface area contributed by atoms with Crippen molar-refractivity contribution in [3.63, 3.8) is 0 Å². The fourth-order valence-corrected chi connectivity index (χ4v) is 4.74. The molecule has 1 saturated carbocycles. The van der Waals surface area contributed by atoms with Gasteiger partial charge < -0.3 is 4.90 Å². The van der Waals surface area contributed by atoms with Gasteiger partial charge >= 0.3 is 0 Å². The lowest BCUT2D eigenvalue weighted by atomic mass is 9.85. The van der Waals surface area contributed by atoms with Gasteiger partial charge in [-0.3, -0.25) is 0 Å². The summed E-state index contributed by atoms with van der Waals surface area (Å²) in [5, 5.41) is 8.82. The van der Waals surface area contributed by atoms with Crippen LogP contribution < -0.4 is 4.90 Å². The molecule has 0 radical (unpaired) electrons. The third kappa shape index (κ3) is 2.31.